The number of amides is 1. The summed E-state index contributed by atoms with van der Waals surface area (Å²) in [5.41, 5.74) is 1.99. The molecule has 1 aliphatic rings. The molecule has 0 N–H and O–H groups in total. The number of ether oxygens (including phenoxy) is 1. The van der Waals surface area contributed by atoms with Gasteiger partial charge in [-0.2, -0.15) is 0 Å². The van der Waals surface area contributed by atoms with E-state index in [4.69, 9.17) is 9.72 Å². The van der Waals surface area contributed by atoms with E-state index in [1.807, 2.05) is 41.3 Å². The average Bonchev–Trinajstić information content (AvgIpc) is 3.43. The summed E-state index contributed by atoms with van der Waals surface area (Å²) in [6.45, 7) is 1.21. The minimum Gasteiger partial charge on any atom is -0.364 e. The van der Waals surface area contributed by atoms with Crippen molar-refractivity contribution >= 4 is 49.0 Å². The lowest BCUT2D eigenvalue weighted by molar-refractivity contribution is -0.137. The molecule has 1 amide bonds. The quantitative estimate of drug-likeness (QED) is 0.476. The van der Waals surface area contributed by atoms with E-state index in [-0.39, 0.29) is 18.6 Å². The Morgan fingerprint density at radius 3 is 2.50 bits per heavy atom. The molecule has 0 bridgehead atoms. The monoisotopic (exact) mass is 409 g/mol. The minimum absolute atomic E-state index is 0.0304. The van der Waals surface area contributed by atoms with Crippen molar-refractivity contribution in [3.63, 3.8) is 0 Å². The molecule has 0 saturated carbocycles. The Labute approximate surface area is 170 Å². The molecular formula is C21H19N3O2S2. The molecule has 7 heteroatoms. The zero-order valence-electron chi connectivity index (χ0n) is 15.2. The topological polar surface area (TPSA) is 55.3 Å². The molecule has 1 unspecified atom stereocenters. The lowest BCUT2D eigenvalue weighted by atomic mass is 10.2. The van der Waals surface area contributed by atoms with Crippen molar-refractivity contribution in [1.82, 2.24) is 14.9 Å². The van der Waals surface area contributed by atoms with Gasteiger partial charge in [-0.1, -0.05) is 24.3 Å². The maximum Gasteiger partial charge on any atom is 0.249 e. The van der Waals surface area contributed by atoms with Crippen molar-refractivity contribution in [3.05, 3.63) is 58.5 Å². The van der Waals surface area contributed by atoms with Gasteiger partial charge >= 0.3 is 0 Å². The van der Waals surface area contributed by atoms with E-state index in [9.17, 15) is 4.79 Å². The van der Waals surface area contributed by atoms with Crippen LogP contribution in [0.3, 0.4) is 0 Å². The van der Waals surface area contributed by atoms with E-state index in [2.05, 4.69) is 17.1 Å². The standard InChI is InChI=1S/C21H19N3O2S2/c25-20(13-26-12-19-22-14-6-1-3-9-17(14)27-19)24-11-5-8-16(24)21-23-15-7-2-4-10-18(15)28-21/h1-4,6-7,9-10,16H,5,8,11-13H2. The van der Waals surface area contributed by atoms with Crippen LogP contribution in [0.5, 0.6) is 0 Å². The van der Waals surface area contributed by atoms with Crippen LogP contribution in [-0.2, 0) is 16.1 Å². The van der Waals surface area contributed by atoms with Crippen molar-refractivity contribution in [2.24, 2.45) is 0 Å². The van der Waals surface area contributed by atoms with Gasteiger partial charge in [-0.3, -0.25) is 4.79 Å². The van der Waals surface area contributed by atoms with Gasteiger partial charge in [0.2, 0.25) is 5.91 Å². The summed E-state index contributed by atoms with van der Waals surface area (Å²) in [7, 11) is 0. The molecule has 2 aromatic heterocycles. The van der Waals surface area contributed by atoms with Crippen molar-refractivity contribution in [3.8, 4) is 0 Å². The zero-order chi connectivity index (χ0) is 18.9. The Balaban J connectivity index is 1.24. The summed E-state index contributed by atoms with van der Waals surface area (Å²) >= 11 is 3.30. The minimum atomic E-state index is 0.0304. The predicted molar refractivity (Wildman–Crippen MR) is 113 cm³/mol. The molecule has 1 fully saturated rings. The Bertz CT molecular complexity index is 1070. The number of hydrogen-bond donors (Lipinski definition) is 0. The van der Waals surface area contributed by atoms with Crippen LogP contribution < -0.4 is 0 Å². The van der Waals surface area contributed by atoms with Gasteiger partial charge in [-0.15, -0.1) is 22.7 Å². The summed E-state index contributed by atoms with van der Waals surface area (Å²) in [5.74, 6) is 0.0304. The third-order valence-corrected chi connectivity index (χ3v) is 7.11. The van der Waals surface area contributed by atoms with E-state index in [1.54, 1.807) is 22.7 Å². The Hall–Kier alpha value is -2.35. The molecule has 5 nitrogen and oxygen atoms in total. The second-order valence-electron chi connectivity index (χ2n) is 6.83. The van der Waals surface area contributed by atoms with Gasteiger partial charge in [-0.05, 0) is 37.1 Å². The van der Waals surface area contributed by atoms with Crippen molar-refractivity contribution < 1.29 is 9.53 Å². The van der Waals surface area contributed by atoms with Crippen LogP contribution in [0.1, 0.15) is 28.9 Å². The van der Waals surface area contributed by atoms with Crippen LogP contribution in [0.4, 0.5) is 0 Å². The lowest BCUT2D eigenvalue weighted by Crippen LogP contribution is -2.33. The van der Waals surface area contributed by atoms with Gasteiger partial charge in [0.1, 0.15) is 16.6 Å². The van der Waals surface area contributed by atoms with Gasteiger partial charge < -0.3 is 9.64 Å². The van der Waals surface area contributed by atoms with Gasteiger partial charge in [0.15, 0.2) is 0 Å². The number of carbonyl (C=O) groups is 1. The number of para-hydroxylation sites is 2. The molecule has 1 aliphatic heterocycles. The van der Waals surface area contributed by atoms with Crippen LogP contribution in [-0.4, -0.2) is 33.9 Å². The molecular weight excluding hydrogens is 390 g/mol. The highest BCUT2D eigenvalue weighted by Crippen LogP contribution is 2.36. The molecule has 0 radical (unpaired) electrons. The fourth-order valence-corrected chi connectivity index (χ4v) is 5.67. The third-order valence-electron chi connectivity index (χ3n) is 4.96. The third kappa shape index (κ3) is 3.41. The summed E-state index contributed by atoms with van der Waals surface area (Å²) in [5, 5.41) is 1.93. The molecule has 0 aliphatic carbocycles. The van der Waals surface area contributed by atoms with E-state index < -0.39 is 0 Å². The highest BCUT2D eigenvalue weighted by Gasteiger charge is 2.32. The van der Waals surface area contributed by atoms with E-state index in [0.29, 0.717) is 6.61 Å². The molecule has 142 valence electrons. The first-order valence-electron chi connectivity index (χ1n) is 9.35. The number of aromatic nitrogens is 2. The molecule has 5 rings (SSSR count). The second kappa shape index (κ2) is 7.58. The number of fused-ring (bicyclic) bond motifs is 2. The Morgan fingerprint density at radius 1 is 1.04 bits per heavy atom. The normalized spacial score (nSPS) is 17.0. The molecule has 1 saturated heterocycles. The van der Waals surface area contributed by atoms with Crippen molar-refractivity contribution in [1.29, 1.82) is 0 Å². The van der Waals surface area contributed by atoms with E-state index in [0.717, 1.165) is 45.1 Å². The van der Waals surface area contributed by atoms with Crippen LogP contribution >= 0.6 is 22.7 Å². The first-order valence-corrected chi connectivity index (χ1v) is 11.0. The molecule has 1 atom stereocenters. The zero-order valence-corrected chi connectivity index (χ0v) is 16.8. The van der Waals surface area contributed by atoms with E-state index >= 15 is 0 Å². The summed E-state index contributed by atoms with van der Waals surface area (Å²) in [6, 6.07) is 16.2. The largest absolute Gasteiger partial charge is 0.364 e. The molecule has 28 heavy (non-hydrogen) atoms. The highest BCUT2D eigenvalue weighted by molar-refractivity contribution is 7.18. The maximum absolute atomic E-state index is 12.8. The summed E-state index contributed by atoms with van der Waals surface area (Å²) < 4.78 is 8.02. The Kier molecular flexibility index (Phi) is 4.80. The van der Waals surface area contributed by atoms with Crippen molar-refractivity contribution in [2.75, 3.05) is 13.2 Å². The number of hydrogen-bond acceptors (Lipinski definition) is 6. The molecule has 3 heterocycles. The number of thiazole rings is 2. The van der Waals surface area contributed by atoms with Gasteiger partial charge in [0.05, 0.1) is 33.1 Å². The number of nitrogens with zero attached hydrogens (tertiary/aromatic N) is 3. The molecule has 4 aromatic rings. The molecule has 2 aromatic carbocycles. The number of benzene rings is 2. The second-order valence-corrected chi connectivity index (χ2v) is 9.01. The first kappa shape index (κ1) is 17.7. The number of carbonyl (C=O) groups excluding carboxylic acids is 1. The van der Waals surface area contributed by atoms with Crippen molar-refractivity contribution in [2.45, 2.75) is 25.5 Å². The lowest BCUT2D eigenvalue weighted by Gasteiger charge is -2.22. The van der Waals surface area contributed by atoms with Crippen LogP contribution in [0, 0.1) is 0 Å². The summed E-state index contributed by atoms with van der Waals surface area (Å²) in [6.07, 6.45) is 1.97. The van der Waals surface area contributed by atoms with Gasteiger partial charge in [0, 0.05) is 6.54 Å². The fraction of sp³-hybridized carbons (Fsp3) is 0.286. The van der Waals surface area contributed by atoms with Crippen LogP contribution in [0.25, 0.3) is 20.4 Å². The Morgan fingerprint density at radius 2 is 1.75 bits per heavy atom. The fourth-order valence-electron chi connectivity index (χ4n) is 3.64. The number of rotatable bonds is 5. The number of likely N-dealkylation sites (tertiary alicyclic amines) is 1. The smallest absolute Gasteiger partial charge is 0.249 e. The maximum atomic E-state index is 12.8. The average molecular weight is 410 g/mol. The SMILES string of the molecule is O=C(COCc1nc2ccccc2s1)N1CCCC1c1nc2ccccc2s1. The van der Waals surface area contributed by atoms with Gasteiger partial charge in [-0.25, -0.2) is 9.97 Å². The highest BCUT2D eigenvalue weighted by atomic mass is 32.1. The van der Waals surface area contributed by atoms with Gasteiger partial charge in [0.25, 0.3) is 0 Å². The van der Waals surface area contributed by atoms with E-state index in [1.165, 1.54) is 4.70 Å². The molecule has 0 spiro atoms. The summed E-state index contributed by atoms with van der Waals surface area (Å²) in [4.78, 5) is 24.0. The van der Waals surface area contributed by atoms with Crippen LogP contribution in [0.15, 0.2) is 48.5 Å². The first-order chi connectivity index (χ1) is 13.8. The predicted octanol–water partition coefficient (Wildman–Crippen LogP) is 4.79. The van der Waals surface area contributed by atoms with Crippen LogP contribution in [0.2, 0.25) is 0 Å².